The summed E-state index contributed by atoms with van der Waals surface area (Å²) in [6.45, 7) is 6.88. The summed E-state index contributed by atoms with van der Waals surface area (Å²) in [7, 11) is -2.13. The molecule has 2 aliphatic heterocycles. The molecule has 3 amide bonds. The molecule has 3 N–H and O–H groups in total. The molecule has 0 bridgehead atoms. The third-order valence-corrected chi connectivity index (χ3v) is 11.5. The third kappa shape index (κ3) is 13.2. The third-order valence-electron chi connectivity index (χ3n) is 9.26. The monoisotopic (exact) mass is 802 g/mol. The Morgan fingerprint density at radius 1 is 0.875 bits per heavy atom. The fourth-order valence-corrected chi connectivity index (χ4v) is 7.92. The number of esters is 2. The number of aromatic nitrogens is 2. The van der Waals surface area contributed by atoms with E-state index < -0.39 is 56.4 Å². The molecule has 0 unspecified atom stereocenters. The first-order valence-electron chi connectivity index (χ1n) is 19.1. The molecular formula is C37H55N8O10P. The Morgan fingerprint density at radius 3 is 2.11 bits per heavy atom. The Labute approximate surface area is 327 Å². The molecule has 4 rings (SSSR count). The van der Waals surface area contributed by atoms with Gasteiger partial charge in [0.15, 0.2) is 5.82 Å². The van der Waals surface area contributed by atoms with E-state index in [9.17, 15) is 28.5 Å². The molecule has 308 valence electrons. The first-order chi connectivity index (χ1) is 27.0. The van der Waals surface area contributed by atoms with Crippen LogP contribution in [0.3, 0.4) is 0 Å². The van der Waals surface area contributed by atoms with E-state index in [2.05, 4.69) is 20.5 Å². The van der Waals surface area contributed by atoms with Crippen LogP contribution in [0.1, 0.15) is 56.9 Å². The molecule has 18 nitrogen and oxygen atoms in total. The van der Waals surface area contributed by atoms with Crippen LogP contribution in [0.4, 0.5) is 10.6 Å². The van der Waals surface area contributed by atoms with Gasteiger partial charge >= 0.3 is 18.0 Å². The summed E-state index contributed by atoms with van der Waals surface area (Å²) in [6.07, 6.45) is 1.50. The SMILES string of the molecule is CCCCOC(=O)N1CCN(C(=O)[C@H](CCP(=O)(NCC(=O)OCC)NCC(=O)OCC)NC(=O)c2cc(N3CC[C@H](OC)C3)nc(-c3ccccc3)n2)CC1. The number of carbonyl (C=O) groups excluding carboxylic acids is 5. The zero-order valence-corrected chi connectivity index (χ0v) is 33.6. The Balaban J connectivity index is 1.60. The quantitative estimate of drug-likeness (QED) is 0.0760. The van der Waals surface area contributed by atoms with Gasteiger partial charge in [-0.2, -0.15) is 0 Å². The molecule has 2 saturated heterocycles. The van der Waals surface area contributed by atoms with Crippen molar-refractivity contribution >= 4 is 43.1 Å². The molecule has 2 aliphatic rings. The van der Waals surface area contributed by atoms with Gasteiger partial charge < -0.3 is 39.0 Å². The molecule has 0 saturated carbocycles. The number of ether oxygens (including phenoxy) is 4. The van der Waals surface area contributed by atoms with Crippen LogP contribution in [-0.4, -0.2) is 147 Å². The van der Waals surface area contributed by atoms with E-state index in [-0.39, 0.29) is 63.8 Å². The van der Waals surface area contributed by atoms with Gasteiger partial charge in [0.1, 0.15) is 30.6 Å². The highest BCUT2D eigenvalue weighted by atomic mass is 31.2. The van der Waals surface area contributed by atoms with Crippen molar-refractivity contribution in [2.24, 2.45) is 0 Å². The van der Waals surface area contributed by atoms with Gasteiger partial charge in [0.2, 0.25) is 13.4 Å². The number of benzene rings is 1. The summed E-state index contributed by atoms with van der Waals surface area (Å²) in [5, 5.41) is 8.19. The number of rotatable bonds is 20. The van der Waals surface area contributed by atoms with E-state index in [4.69, 9.17) is 23.9 Å². The summed E-state index contributed by atoms with van der Waals surface area (Å²) in [5.74, 6) is -1.64. The molecule has 0 radical (unpaired) electrons. The van der Waals surface area contributed by atoms with E-state index in [0.717, 1.165) is 19.3 Å². The van der Waals surface area contributed by atoms with Gasteiger partial charge in [-0.05, 0) is 33.1 Å². The minimum absolute atomic E-state index is 0.00588. The van der Waals surface area contributed by atoms with Crippen molar-refractivity contribution in [2.75, 3.05) is 90.4 Å². The van der Waals surface area contributed by atoms with Crippen LogP contribution in [0.15, 0.2) is 36.4 Å². The number of piperazine rings is 1. The van der Waals surface area contributed by atoms with E-state index in [1.165, 1.54) is 9.80 Å². The first kappa shape index (κ1) is 44.1. The zero-order chi connectivity index (χ0) is 40.5. The normalized spacial score (nSPS) is 16.3. The number of hydrogen-bond acceptors (Lipinski definition) is 13. The zero-order valence-electron chi connectivity index (χ0n) is 32.7. The van der Waals surface area contributed by atoms with Gasteiger partial charge in [-0.15, -0.1) is 0 Å². The van der Waals surface area contributed by atoms with E-state index in [0.29, 0.717) is 36.9 Å². The standard InChI is InChI=1S/C37H55N8O10P/c1-5-8-21-55-37(50)44-19-17-43(18-20-44)36(49)29(15-22-56(51,38-24-32(46)53-6-2)39-25-33(47)54-7-3)41-35(48)30-23-31(45-16-14-28(26-45)52-4)42-34(40-30)27-12-10-9-11-13-27/h9-13,23,28-29H,5-8,14-22,24-26H2,1-4H3,(H,41,48)(H2,38,39,51)/t28-,29-/m0/s1. The summed E-state index contributed by atoms with van der Waals surface area (Å²) >= 11 is 0. The van der Waals surface area contributed by atoms with Crippen LogP contribution in [0.2, 0.25) is 0 Å². The number of methoxy groups -OCH3 is 1. The molecule has 1 aromatic heterocycles. The van der Waals surface area contributed by atoms with E-state index in [1.807, 2.05) is 42.2 Å². The predicted octanol–water partition coefficient (Wildman–Crippen LogP) is 2.44. The number of nitrogens with one attached hydrogen (secondary N) is 3. The number of carbonyl (C=O) groups is 5. The van der Waals surface area contributed by atoms with Gasteiger partial charge in [0.05, 0.1) is 25.9 Å². The Bertz CT molecular complexity index is 1650. The number of anilines is 1. The lowest BCUT2D eigenvalue weighted by Gasteiger charge is -2.36. The fraction of sp³-hybridized carbons (Fsp3) is 0.595. The highest BCUT2D eigenvalue weighted by Gasteiger charge is 2.34. The van der Waals surface area contributed by atoms with E-state index in [1.54, 1.807) is 27.0 Å². The van der Waals surface area contributed by atoms with Gasteiger partial charge in [0, 0.05) is 64.2 Å². The maximum Gasteiger partial charge on any atom is 0.409 e. The second-order valence-corrected chi connectivity index (χ2v) is 15.8. The smallest absolute Gasteiger partial charge is 0.409 e. The fourth-order valence-electron chi connectivity index (χ4n) is 6.11. The van der Waals surface area contributed by atoms with Gasteiger partial charge in [0.25, 0.3) is 5.91 Å². The van der Waals surface area contributed by atoms with Crippen molar-refractivity contribution in [2.45, 2.75) is 58.6 Å². The second kappa shape index (κ2) is 22.2. The number of amides is 3. The van der Waals surface area contributed by atoms with Gasteiger partial charge in [-0.1, -0.05) is 43.7 Å². The predicted molar refractivity (Wildman–Crippen MR) is 207 cm³/mol. The molecule has 0 spiro atoms. The lowest BCUT2D eigenvalue weighted by Crippen LogP contribution is -2.56. The summed E-state index contributed by atoms with van der Waals surface area (Å²) in [4.78, 5) is 79.9. The Hall–Kier alpha value is -4.64. The van der Waals surface area contributed by atoms with Gasteiger partial charge in [-0.25, -0.2) is 24.9 Å². The topological polar surface area (TPSA) is 211 Å². The lowest BCUT2D eigenvalue weighted by molar-refractivity contribution is -0.142. The van der Waals surface area contributed by atoms with Crippen LogP contribution < -0.4 is 20.4 Å². The minimum atomic E-state index is -3.78. The second-order valence-electron chi connectivity index (χ2n) is 13.2. The average Bonchev–Trinajstić information content (AvgIpc) is 3.71. The molecule has 2 fully saturated rings. The highest BCUT2D eigenvalue weighted by molar-refractivity contribution is 7.59. The minimum Gasteiger partial charge on any atom is -0.465 e. The van der Waals surface area contributed by atoms with Crippen molar-refractivity contribution in [3.05, 3.63) is 42.1 Å². The van der Waals surface area contributed by atoms with Crippen LogP contribution in [0.5, 0.6) is 0 Å². The van der Waals surface area contributed by atoms with E-state index >= 15 is 0 Å². The molecule has 3 heterocycles. The van der Waals surface area contributed by atoms with Crippen LogP contribution >= 0.6 is 7.44 Å². The molecule has 56 heavy (non-hydrogen) atoms. The summed E-state index contributed by atoms with van der Waals surface area (Å²) in [6, 6.07) is 9.54. The van der Waals surface area contributed by atoms with Crippen molar-refractivity contribution in [3.63, 3.8) is 0 Å². The average molecular weight is 803 g/mol. The van der Waals surface area contributed by atoms with Crippen molar-refractivity contribution in [1.82, 2.24) is 35.3 Å². The molecular weight excluding hydrogens is 747 g/mol. The summed E-state index contributed by atoms with van der Waals surface area (Å²) < 4.78 is 35.1. The van der Waals surface area contributed by atoms with Gasteiger partial charge in [-0.3, -0.25) is 23.7 Å². The lowest BCUT2D eigenvalue weighted by atomic mass is 10.1. The van der Waals surface area contributed by atoms with Crippen LogP contribution in [-0.2, 0) is 37.9 Å². The van der Waals surface area contributed by atoms with Crippen molar-refractivity contribution < 1.29 is 47.5 Å². The van der Waals surface area contributed by atoms with Crippen molar-refractivity contribution in [3.8, 4) is 11.4 Å². The van der Waals surface area contributed by atoms with Crippen LogP contribution in [0.25, 0.3) is 11.4 Å². The molecule has 19 heteroatoms. The number of hydrogen-bond donors (Lipinski definition) is 3. The maximum atomic E-state index is 14.2. The largest absolute Gasteiger partial charge is 0.465 e. The Kier molecular flexibility index (Phi) is 17.5. The number of nitrogens with zero attached hydrogens (tertiary/aromatic N) is 5. The summed E-state index contributed by atoms with van der Waals surface area (Å²) in [5.41, 5.74) is 0.696. The highest BCUT2D eigenvalue weighted by Crippen LogP contribution is 2.37. The molecule has 2 aromatic rings. The Morgan fingerprint density at radius 2 is 1.52 bits per heavy atom. The first-order valence-corrected chi connectivity index (χ1v) is 21.0. The van der Waals surface area contributed by atoms with Crippen LogP contribution in [0, 0.1) is 0 Å². The molecule has 0 aliphatic carbocycles. The number of unbranched alkanes of at least 4 members (excludes halogenated alkanes) is 1. The molecule has 2 atom stereocenters. The molecule has 1 aromatic carbocycles. The van der Waals surface area contributed by atoms with Crippen molar-refractivity contribution in [1.29, 1.82) is 0 Å². The maximum absolute atomic E-state index is 14.2.